The van der Waals surface area contributed by atoms with Gasteiger partial charge in [0.2, 0.25) is 5.91 Å². The van der Waals surface area contributed by atoms with E-state index in [0.717, 1.165) is 27.1 Å². The van der Waals surface area contributed by atoms with Crippen molar-refractivity contribution in [2.45, 2.75) is 51.5 Å². The molecular formula is C21H36N4O3S. The number of carbonyl (C=O) groups excluding carboxylic acids is 1. The van der Waals surface area contributed by atoms with Gasteiger partial charge in [0.05, 0.1) is 5.69 Å². The number of anilines is 1. The van der Waals surface area contributed by atoms with Crippen LogP contribution in [0.2, 0.25) is 0 Å². The van der Waals surface area contributed by atoms with Crippen molar-refractivity contribution in [2.24, 2.45) is 0 Å². The van der Waals surface area contributed by atoms with E-state index < -0.39 is 10.2 Å². The van der Waals surface area contributed by atoms with Gasteiger partial charge < -0.3 is 10.2 Å². The first kappa shape index (κ1) is 23.6. The molecule has 0 spiro atoms. The fraction of sp³-hybridized carbons (Fsp3) is 0.667. The second-order valence-corrected chi connectivity index (χ2v) is 10.2. The topological polar surface area (TPSA) is 73.0 Å². The van der Waals surface area contributed by atoms with Crippen molar-refractivity contribution < 1.29 is 13.2 Å². The lowest BCUT2D eigenvalue weighted by molar-refractivity contribution is -0.119. The third-order valence-electron chi connectivity index (χ3n) is 5.56. The van der Waals surface area contributed by atoms with Crippen molar-refractivity contribution >= 4 is 21.8 Å². The summed E-state index contributed by atoms with van der Waals surface area (Å²) in [5.41, 5.74) is 1.51. The molecule has 1 fully saturated rings. The number of benzene rings is 1. The summed E-state index contributed by atoms with van der Waals surface area (Å²) in [5.74, 6) is -0.295. The van der Waals surface area contributed by atoms with Crippen LogP contribution in [-0.4, -0.2) is 70.3 Å². The van der Waals surface area contributed by atoms with E-state index in [-0.39, 0.29) is 12.5 Å². The van der Waals surface area contributed by atoms with Crippen LogP contribution >= 0.6 is 0 Å². The van der Waals surface area contributed by atoms with E-state index in [0.29, 0.717) is 18.3 Å². The highest BCUT2D eigenvalue weighted by Gasteiger charge is 2.27. The van der Waals surface area contributed by atoms with Gasteiger partial charge in [-0.3, -0.25) is 4.79 Å². The van der Waals surface area contributed by atoms with Crippen LogP contribution in [0.1, 0.15) is 44.1 Å². The van der Waals surface area contributed by atoms with E-state index in [1.807, 2.05) is 19.1 Å². The van der Waals surface area contributed by atoms with Crippen molar-refractivity contribution in [1.29, 1.82) is 0 Å². The fourth-order valence-electron chi connectivity index (χ4n) is 3.66. The molecule has 0 radical (unpaired) electrons. The lowest BCUT2D eigenvalue weighted by atomic mass is 9.94. The molecule has 1 aliphatic rings. The van der Waals surface area contributed by atoms with Crippen LogP contribution in [-0.2, 0) is 15.0 Å². The summed E-state index contributed by atoms with van der Waals surface area (Å²) in [7, 11) is 1.33. The molecule has 0 aromatic heterocycles. The second kappa shape index (κ2) is 10.9. The van der Waals surface area contributed by atoms with Crippen LogP contribution in [0, 0.1) is 6.92 Å². The number of hydrogen-bond acceptors (Lipinski definition) is 4. The number of aryl methyl sites for hydroxylation is 1. The lowest BCUT2D eigenvalue weighted by Crippen LogP contribution is -2.46. The summed E-state index contributed by atoms with van der Waals surface area (Å²) < 4.78 is 27.7. The van der Waals surface area contributed by atoms with Crippen molar-refractivity contribution in [3.8, 4) is 0 Å². The number of hydrogen-bond donors (Lipinski definition) is 1. The third-order valence-corrected chi connectivity index (χ3v) is 7.38. The Morgan fingerprint density at radius 2 is 1.69 bits per heavy atom. The third kappa shape index (κ3) is 6.97. The predicted octanol–water partition coefficient (Wildman–Crippen LogP) is 2.38. The molecule has 0 atom stereocenters. The average Bonchev–Trinajstić information content (AvgIpc) is 2.70. The average molecular weight is 425 g/mol. The molecule has 1 aromatic rings. The summed E-state index contributed by atoms with van der Waals surface area (Å²) in [6, 6.07) is 7.78. The molecule has 0 saturated heterocycles. The van der Waals surface area contributed by atoms with Gasteiger partial charge in [-0.1, -0.05) is 37.0 Å². The highest BCUT2D eigenvalue weighted by molar-refractivity contribution is 7.90. The van der Waals surface area contributed by atoms with Crippen LogP contribution in [0.5, 0.6) is 0 Å². The highest BCUT2D eigenvalue weighted by Crippen LogP contribution is 2.22. The van der Waals surface area contributed by atoms with Gasteiger partial charge in [0.15, 0.2) is 0 Å². The standard InChI is InChI=1S/C21H36N4O3S/c1-18-11-13-20(14-12-18)25(29(27,28)23(2)3)17-21(26)22-15-8-16-24(4)19-9-6-5-7-10-19/h11-14,19H,5-10,15-17H2,1-4H3,(H,22,26). The minimum atomic E-state index is -3.76. The molecule has 0 bridgehead atoms. The molecule has 1 aliphatic carbocycles. The Balaban J connectivity index is 1.88. The maximum Gasteiger partial charge on any atom is 0.304 e. The normalized spacial score (nSPS) is 15.7. The monoisotopic (exact) mass is 424 g/mol. The molecule has 2 rings (SSSR count). The SMILES string of the molecule is Cc1ccc(N(CC(=O)NCCCN(C)C2CCCCC2)S(=O)(=O)N(C)C)cc1. The molecule has 1 aromatic carbocycles. The zero-order valence-corrected chi connectivity index (χ0v) is 19.0. The van der Waals surface area contributed by atoms with Gasteiger partial charge in [-0.15, -0.1) is 0 Å². The minimum absolute atomic E-state index is 0.234. The van der Waals surface area contributed by atoms with Gasteiger partial charge in [-0.05, 0) is 51.9 Å². The number of carbonyl (C=O) groups is 1. The molecule has 0 heterocycles. The quantitative estimate of drug-likeness (QED) is 0.586. The Morgan fingerprint density at radius 3 is 2.28 bits per heavy atom. The van der Waals surface area contributed by atoms with Gasteiger partial charge in [0.1, 0.15) is 6.54 Å². The second-order valence-electron chi connectivity index (χ2n) is 8.11. The Kier molecular flexibility index (Phi) is 8.92. The van der Waals surface area contributed by atoms with Crippen LogP contribution in [0.25, 0.3) is 0 Å². The van der Waals surface area contributed by atoms with Gasteiger partial charge in [-0.25, -0.2) is 4.31 Å². The molecular weight excluding hydrogens is 388 g/mol. The van der Waals surface area contributed by atoms with E-state index in [9.17, 15) is 13.2 Å². The van der Waals surface area contributed by atoms with Gasteiger partial charge >= 0.3 is 10.2 Å². The van der Waals surface area contributed by atoms with Crippen molar-refractivity contribution in [1.82, 2.24) is 14.5 Å². The van der Waals surface area contributed by atoms with Crippen molar-refractivity contribution in [3.05, 3.63) is 29.8 Å². The summed E-state index contributed by atoms with van der Waals surface area (Å²) in [6.07, 6.45) is 7.33. The van der Waals surface area contributed by atoms with Crippen molar-refractivity contribution in [3.63, 3.8) is 0 Å². The molecule has 0 unspecified atom stereocenters. The minimum Gasteiger partial charge on any atom is -0.354 e. The largest absolute Gasteiger partial charge is 0.354 e. The Bertz CT molecular complexity index is 744. The van der Waals surface area contributed by atoms with Gasteiger partial charge in [0, 0.05) is 26.7 Å². The number of rotatable bonds is 10. The Labute approximate surface area is 176 Å². The first-order valence-electron chi connectivity index (χ1n) is 10.5. The van der Waals surface area contributed by atoms with Crippen LogP contribution in [0.3, 0.4) is 0 Å². The zero-order chi connectivity index (χ0) is 21.4. The van der Waals surface area contributed by atoms with E-state index in [4.69, 9.17) is 0 Å². The Morgan fingerprint density at radius 1 is 1.07 bits per heavy atom. The molecule has 8 heteroatoms. The van der Waals surface area contributed by atoms with E-state index in [1.54, 1.807) is 12.1 Å². The lowest BCUT2D eigenvalue weighted by Gasteiger charge is -2.31. The smallest absolute Gasteiger partial charge is 0.304 e. The number of nitrogens with zero attached hydrogens (tertiary/aromatic N) is 3. The highest BCUT2D eigenvalue weighted by atomic mass is 32.2. The van der Waals surface area contributed by atoms with Crippen LogP contribution in [0.4, 0.5) is 5.69 Å². The van der Waals surface area contributed by atoms with Gasteiger partial charge in [-0.2, -0.15) is 12.7 Å². The predicted molar refractivity (Wildman–Crippen MR) is 118 cm³/mol. The zero-order valence-electron chi connectivity index (χ0n) is 18.2. The fourth-order valence-corrected chi connectivity index (χ4v) is 4.72. The van der Waals surface area contributed by atoms with Crippen LogP contribution < -0.4 is 9.62 Å². The summed E-state index contributed by atoms with van der Waals surface area (Å²) >= 11 is 0. The molecule has 29 heavy (non-hydrogen) atoms. The molecule has 7 nitrogen and oxygen atoms in total. The molecule has 0 aliphatic heterocycles. The Hall–Kier alpha value is -1.64. The summed E-state index contributed by atoms with van der Waals surface area (Å²) in [5, 5.41) is 2.87. The van der Waals surface area contributed by atoms with Crippen molar-refractivity contribution in [2.75, 3.05) is 45.1 Å². The van der Waals surface area contributed by atoms with E-state index in [2.05, 4.69) is 17.3 Å². The summed E-state index contributed by atoms with van der Waals surface area (Å²) in [4.78, 5) is 14.8. The summed E-state index contributed by atoms with van der Waals surface area (Å²) in [6.45, 7) is 3.18. The molecule has 1 amide bonds. The van der Waals surface area contributed by atoms with Gasteiger partial charge in [0.25, 0.3) is 0 Å². The molecule has 164 valence electrons. The van der Waals surface area contributed by atoms with E-state index >= 15 is 0 Å². The molecule has 1 N–H and O–H groups in total. The number of nitrogens with one attached hydrogen (secondary N) is 1. The van der Waals surface area contributed by atoms with E-state index in [1.165, 1.54) is 46.2 Å². The number of amides is 1. The maximum atomic E-state index is 12.7. The first-order valence-corrected chi connectivity index (χ1v) is 11.9. The maximum absolute atomic E-state index is 12.7. The first-order chi connectivity index (χ1) is 13.7. The molecule has 1 saturated carbocycles. The van der Waals surface area contributed by atoms with Crippen LogP contribution in [0.15, 0.2) is 24.3 Å².